The molecule has 2 heterocycles. The number of nitrogens with zero attached hydrogens (tertiary/aromatic N) is 2. The molecule has 0 spiro atoms. The van der Waals surface area contributed by atoms with Crippen molar-refractivity contribution in [2.24, 2.45) is 0 Å². The molecular weight excluding hydrogens is 568 g/mol. The number of rotatable bonds is 7. The third-order valence-electron chi connectivity index (χ3n) is 5.43. The first kappa shape index (κ1) is 28.7. The van der Waals surface area contributed by atoms with Gasteiger partial charge in [0.15, 0.2) is 0 Å². The Morgan fingerprint density at radius 2 is 1.65 bits per heavy atom. The second-order valence-electron chi connectivity index (χ2n) is 8.26. The molecule has 0 fully saturated rings. The number of nitrogens with one attached hydrogen (secondary N) is 1. The fourth-order valence-corrected chi connectivity index (χ4v) is 3.86. The van der Waals surface area contributed by atoms with Gasteiger partial charge in [-0.05, 0) is 49.4 Å². The summed E-state index contributed by atoms with van der Waals surface area (Å²) >= 11 is 6.11. The van der Waals surface area contributed by atoms with Crippen LogP contribution >= 0.6 is 11.6 Å². The molecule has 0 saturated heterocycles. The number of imidazole rings is 1. The molecule has 0 atom stereocenters. The number of carbonyl (C=O) groups is 2. The van der Waals surface area contributed by atoms with Crippen molar-refractivity contribution in [2.75, 3.05) is 18.5 Å². The Kier molecular flexibility index (Phi) is 7.96. The van der Waals surface area contributed by atoms with Crippen molar-refractivity contribution in [3.63, 3.8) is 0 Å². The first-order valence-corrected chi connectivity index (χ1v) is 11.8. The third kappa shape index (κ3) is 6.47. The van der Waals surface area contributed by atoms with Gasteiger partial charge in [0.2, 0.25) is 0 Å². The van der Waals surface area contributed by atoms with Gasteiger partial charge in [-0.2, -0.15) is 26.3 Å². The molecule has 210 valence electrons. The summed E-state index contributed by atoms with van der Waals surface area (Å²) < 4.78 is 90.8. The van der Waals surface area contributed by atoms with Crippen LogP contribution in [0.1, 0.15) is 28.4 Å². The minimum atomic E-state index is -5.13. The number of esters is 2. The van der Waals surface area contributed by atoms with E-state index >= 15 is 0 Å². The van der Waals surface area contributed by atoms with E-state index in [2.05, 4.69) is 10.3 Å². The summed E-state index contributed by atoms with van der Waals surface area (Å²) in [7, 11) is 0. The molecule has 0 saturated carbocycles. The van der Waals surface area contributed by atoms with Gasteiger partial charge in [0, 0.05) is 11.8 Å². The van der Waals surface area contributed by atoms with E-state index in [-0.39, 0.29) is 42.8 Å². The number of fused-ring (bicyclic) bond motifs is 1. The largest absolute Gasteiger partial charge is 0.465 e. The number of pyridine rings is 1. The minimum absolute atomic E-state index is 0.0854. The molecule has 0 bridgehead atoms. The van der Waals surface area contributed by atoms with Gasteiger partial charge in [-0.3, -0.25) is 9.20 Å². The minimum Gasteiger partial charge on any atom is -0.465 e. The smallest absolute Gasteiger partial charge is 0.416 e. The van der Waals surface area contributed by atoms with Crippen molar-refractivity contribution in [2.45, 2.75) is 19.3 Å². The normalized spacial score (nSPS) is 11.9. The number of anilines is 1. The molecule has 1 N–H and O–H groups in total. The lowest BCUT2D eigenvalue weighted by Crippen LogP contribution is -2.18. The van der Waals surface area contributed by atoms with Gasteiger partial charge in [0.25, 0.3) is 0 Å². The van der Waals surface area contributed by atoms with Crippen molar-refractivity contribution in [1.29, 1.82) is 0 Å². The quantitative estimate of drug-likeness (QED) is 0.145. The maximum atomic E-state index is 13.2. The first-order valence-electron chi connectivity index (χ1n) is 11.5. The van der Waals surface area contributed by atoms with Crippen LogP contribution in [0, 0.1) is 0 Å². The molecule has 40 heavy (non-hydrogen) atoms. The molecule has 0 radical (unpaired) electrons. The molecule has 2 aromatic carbocycles. The molecule has 7 nitrogen and oxygen atoms in total. The number of benzene rings is 2. The standard InChI is InChI=1S/C26H18ClF6N3O4/c1-2-39-21(37)12-34-23-22(35-20-7-6-18(27)13-36(20)23)14-4-3-5-19(10-14)40-24(38)15-8-16(25(28,29)30)11-17(9-15)26(31,32)33/h3-11,13,34H,2,12H2,1H3. The Morgan fingerprint density at radius 3 is 2.27 bits per heavy atom. The first-order chi connectivity index (χ1) is 18.8. The Labute approximate surface area is 227 Å². The van der Waals surface area contributed by atoms with Crippen LogP contribution in [-0.4, -0.2) is 34.5 Å². The van der Waals surface area contributed by atoms with Crippen LogP contribution in [0.25, 0.3) is 16.9 Å². The van der Waals surface area contributed by atoms with Crippen molar-refractivity contribution in [1.82, 2.24) is 9.38 Å². The number of hydrogen-bond donors (Lipinski definition) is 1. The Morgan fingerprint density at radius 1 is 0.975 bits per heavy atom. The number of carbonyl (C=O) groups excluding carboxylic acids is 2. The van der Waals surface area contributed by atoms with Crippen LogP contribution in [-0.2, 0) is 21.9 Å². The summed E-state index contributed by atoms with van der Waals surface area (Å²) in [5, 5.41) is 3.28. The van der Waals surface area contributed by atoms with Crippen LogP contribution in [0.2, 0.25) is 5.02 Å². The van der Waals surface area contributed by atoms with Gasteiger partial charge >= 0.3 is 24.3 Å². The molecular formula is C26H18ClF6N3O4. The monoisotopic (exact) mass is 585 g/mol. The summed E-state index contributed by atoms with van der Waals surface area (Å²) in [5.74, 6) is -1.84. The maximum Gasteiger partial charge on any atom is 0.416 e. The van der Waals surface area contributed by atoms with Crippen LogP contribution in [0.5, 0.6) is 5.75 Å². The number of alkyl halides is 6. The number of ether oxygens (including phenoxy) is 2. The second kappa shape index (κ2) is 11.1. The van der Waals surface area contributed by atoms with Crippen molar-refractivity contribution < 1.29 is 45.4 Å². The zero-order chi connectivity index (χ0) is 29.2. The Bertz CT molecular complexity index is 1550. The topological polar surface area (TPSA) is 81.9 Å². The predicted molar refractivity (Wildman–Crippen MR) is 132 cm³/mol. The molecule has 4 rings (SSSR count). The molecule has 14 heteroatoms. The van der Waals surface area contributed by atoms with E-state index in [1.165, 1.54) is 24.4 Å². The summed E-state index contributed by atoms with van der Waals surface area (Å²) in [5.41, 5.74) is -3.18. The fraction of sp³-hybridized carbons (Fsp3) is 0.192. The van der Waals surface area contributed by atoms with E-state index < -0.39 is 41.0 Å². The highest BCUT2D eigenvalue weighted by molar-refractivity contribution is 6.30. The lowest BCUT2D eigenvalue weighted by Gasteiger charge is -2.14. The third-order valence-corrected chi connectivity index (χ3v) is 5.65. The van der Waals surface area contributed by atoms with Gasteiger partial charge in [0.1, 0.15) is 29.5 Å². The van der Waals surface area contributed by atoms with Crippen LogP contribution in [0.15, 0.2) is 60.8 Å². The molecule has 2 aromatic heterocycles. The van der Waals surface area contributed by atoms with Gasteiger partial charge < -0.3 is 14.8 Å². The fourth-order valence-electron chi connectivity index (χ4n) is 3.70. The van der Waals surface area contributed by atoms with E-state index in [0.29, 0.717) is 22.1 Å². The highest BCUT2D eigenvalue weighted by Crippen LogP contribution is 2.37. The zero-order valence-electron chi connectivity index (χ0n) is 20.4. The van der Waals surface area contributed by atoms with Crippen molar-refractivity contribution in [3.05, 3.63) is 82.5 Å². The SMILES string of the molecule is CCOC(=O)CNc1c(-c2cccc(OC(=O)c3cc(C(F)(F)F)cc(C(F)(F)F)c3)c2)nc2ccc(Cl)cn12. The van der Waals surface area contributed by atoms with Gasteiger partial charge in [-0.1, -0.05) is 23.7 Å². The van der Waals surface area contributed by atoms with E-state index in [9.17, 15) is 35.9 Å². The molecule has 0 aliphatic rings. The average Bonchev–Trinajstić information content (AvgIpc) is 3.24. The zero-order valence-corrected chi connectivity index (χ0v) is 21.1. The van der Waals surface area contributed by atoms with E-state index in [1.54, 1.807) is 29.5 Å². The van der Waals surface area contributed by atoms with E-state index in [0.717, 1.165) is 0 Å². The molecule has 0 aliphatic carbocycles. The van der Waals surface area contributed by atoms with Gasteiger partial charge in [0.05, 0.1) is 28.3 Å². The van der Waals surface area contributed by atoms with Crippen molar-refractivity contribution in [3.8, 4) is 17.0 Å². The predicted octanol–water partition coefficient (Wildman–Crippen LogP) is 6.89. The van der Waals surface area contributed by atoms with Crippen molar-refractivity contribution >= 4 is 35.0 Å². The summed E-state index contributed by atoms with van der Waals surface area (Å²) in [6.07, 6.45) is -8.72. The summed E-state index contributed by atoms with van der Waals surface area (Å²) in [6, 6.07) is 9.29. The number of hydrogen-bond acceptors (Lipinski definition) is 6. The summed E-state index contributed by atoms with van der Waals surface area (Å²) in [6.45, 7) is 1.58. The highest BCUT2D eigenvalue weighted by Gasteiger charge is 2.37. The Hall–Kier alpha value is -4.26. The molecule has 4 aromatic rings. The van der Waals surface area contributed by atoms with E-state index in [1.807, 2.05) is 0 Å². The lowest BCUT2D eigenvalue weighted by atomic mass is 10.0. The van der Waals surface area contributed by atoms with E-state index in [4.69, 9.17) is 21.1 Å². The second-order valence-corrected chi connectivity index (χ2v) is 8.69. The average molecular weight is 586 g/mol. The van der Waals surface area contributed by atoms with Crippen LogP contribution < -0.4 is 10.1 Å². The summed E-state index contributed by atoms with van der Waals surface area (Å²) in [4.78, 5) is 29.1. The molecule has 0 aliphatic heterocycles. The van der Waals surface area contributed by atoms with Crippen LogP contribution in [0.3, 0.4) is 0 Å². The maximum absolute atomic E-state index is 13.2. The molecule has 0 amide bonds. The van der Waals surface area contributed by atoms with Gasteiger partial charge in [-0.15, -0.1) is 0 Å². The highest BCUT2D eigenvalue weighted by atomic mass is 35.5. The van der Waals surface area contributed by atoms with Gasteiger partial charge in [-0.25, -0.2) is 9.78 Å². The number of halogens is 7. The van der Waals surface area contributed by atoms with Crippen LogP contribution in [0.4, 0.5) is 32.2 Å². The molecule has 0 unspecified atom stereocenters. The lowest BCUT2D eigenvalue weighted by molar-refractivity contribution is -0.143. The number of aromatic nitrogens is 2. The Balaban J connectivity index is 1.69.